The molecule has 2 heterocycles. The summed E-state index contributed by atoms with van der Waals surface area (Å²) < 4.78 is 6.69. The number of nitrogens with one attached hydrogen (secondary N) is 1. The summed E-state index contributed by atoms with van der Waals surface area (Å²) in [6.45, 7) is 2.89. The number of hydrogen-bond donors (Lipinski definition) is 1. The average molecular weight is 308 g/mol. The number of para-hydroxylation sites is 1. The smallest absolute Gasteiger partial charge is 0.167 e. The summed E-state index contributed by atoms with van der Waals surface area (Å²) in [6.07, 6.45) is 0. The van der Waals surface area contributed by atoms with Crippen LogP contribution >= 0.6 is 11.3 Å². The predicted octanol–water partition coefficient (Wildman–Crippen LogP) is 4.89. The first-order valence-corrected chi connectivity index (χ1v) is 8.23. The fourth-order valence-corrected chi connectivity index (χ4v) is 3.81. The first-order valence-electron chi connectivity index (χ1n) is 7.36. The second-order valence-electron chi connectivity index (χ2n) is 5.42. The Balaban J connectivity index is 1.56. The van der Waals surface area contributed by atoms with Crippen molar-refractivity contribution in [3.05, 3.63) is 65.2 Å². The van der Waals surface area contributed by atoms with Gasteiger partial charge in [0, 0.05) is 22.7 Å². The van der Waals surface area contributed by atoms with Gasteiger partial charge in [0.05, 0.1) is 0 Å². The third-order valence-electron chi connectivity index (χ3n) is 4.01. The van der Waals surface area contributed by atoms with Crippen LogP contribution in [0.3, 0.4) is 0 Å². The molecule has 1 N–H and O–H groups in total. The van der Waals surface area contributed by atoms with Crippen molar-refractivity contribution in [1.29, 1.82) is 0 Å². The molecule has 0 radical (unpaired) electrons. The van der Waals surface area contributed by atoms with Gasteiger partial charge in [-0.2, -0.15) is 0 Å². The monoisotopic (exact) mass is 308 g/mol. The second kappa shape index (κ2) is 5.55. The molecule has 0 fully saturated rings. The van der Waals surface area contributed by atoms with E-state index in [-0.39, 0.29) is 6.04 Å². The molecule has 0 aliphatic heterocycles. The topological polar surface area (TPSA) is 38.1 Å². The fourth-order valence-electron chi connectivity index (χ4n) is 2.76. The number of nitrogens with zero attached hydrogens (tertiary/aromatic N) is 1. The van der Waals surface area contributed by atoms with Gasteiger partial charge in [0.1, 0.15) is 5.69 Å². The average Bonchev–Trinajstić information content (AvgIpc) is 3.17. The zero-order valence-corrected chi connectivity index (χ0v) is 13.1. The molecule has 1 unspecified atom stereocenters. The highest BCUT2D eigenvalue weighted by Crippen LogP contribution is 2.30. The number of fused-ring (bicyclic) bond motifs is 2. The first-order chi connectivity index (χ1) is 10.8. The van der Waals surface area contributed by atoms with Gasteiger partial charge in [-0.3, -0.25) is 0 Å². The molecule has 110 valence electrons. The van der Waals surface area contributed by atoms with Gasteiger partial charge in [-0.25, -0.2) is 0 Å². The van der Waals surface area contributed by atoms with Gasteiger partial charge in [0.2, 0.25) is 0 Å². The van der Waals surface area contributed by atoms with E-state index in [1.165, 1.54) is 15.6 Å². The van der Waals surface area contributed by atoms with E-state index >= 15 is 0 Å². The van der Waals surface area contributed by atoms with Crippen LogP contribution in [0.1, 0.15) is 24.2 Å². The minimum atomic E-state index is 0.270. The third-order valence-corrected chi connectivity index (χ3v) is 4.99. The summed E-state index contributed by atoms with van der Waals surface area (Å²) in [5.41, 5.74) is 3.14. The zero-order valence-electron chi connectivity index (χ0n) is 12.2. The fraction of sp³-hybridized carbons (Fsp3) is 0.167. The summed E-state index contributed by atoms with van der Waals surface area (Å²) >= 11 is 1.79. The molecule has 0 saturated heterocycles. The first kappa shape index (κ1) is 13.5. The van der Waals surface area contributed by atoms with Gasteiger partial charge < -0.3 is 9.84 Å². The van der Waals surface area contributed by atoms with Crippen LogP contribution in [0.2, 0.25) is 0 Å². The maximum Gasteiger partial charge on any atom is 0.167 e. The van der Waals surface area contributed by atoms with Crippen LogP contribution in [0.25, 0.3) is 21.1 Å². The number of rotatable bonds is 4. The minimum Gasteiger partial charge on any atom is -0.356 e. The Kier molecular flexibility index (Phi) is 3.41. The van der Waals surface area contributed by atoms with E-state index in [1.54, 1.807) is 11.3 Å². The van der Waals surface area contributed by atoms with Gasteiger partial charge in [0.15, 0.2) is 5.58 Å². The van der Waals surface area contributed by atoms with Crippen molar-refractivity contribution >= 4 is 32.4 Å². The lowest BCUT2D eigenvalue weighted by molar-refractivity contribution is 0.437. The van der Waals surface area contributed by atoms with Crippen LogP contribution < -0.4 is 5.32 Å². The van der Waals surface area contributed by atoms with E-state index in [4.69, 9.17) is 4.52 Å². The molecule has 0 saturated carbocycles. The third kappa shape index (κ3) is 2.30. The molecule has 2 aromatic heterocycles. The molecule has 0 amide bonds. The van der Waals surface area contributed by atoms with Crippen molar-refractivity contribution in [2.45, 2.75) is 19.5 Å². The molecule has 4 rings (SSSR count). The lowest BCUT2D eigenvalue weighted by Gasteiger charge is -2.12. The maximum absolute atomic E-state index is 5.35. The van der Waals surface area contributed by atoms with Crippen molar-refractivity contribution in [2.75, 3.05) is 0 Å². The molecular weight excluding hydrogens is 292 g/mol. The minimum absolute atomic E-state index is 0.270. The Labute approximate surface area is 132 Å². The lowest BCUT2D eigenvalue weighted by Crippen LogP contribution is -2.18. The summed E-state index contributed by atoms with van der Waals surface area (Å²) in [5, 5.41) is 12.4. The molecule has 1 atom stereocenters. The summed E-state index contributed by atoms with van der Waals surface area (Å²) in [4.78, 5) is 0. The Morgan fingerprint density at radius 3 is 2.77 bits per heavy atom. The maximum atomic E-state index is 5.35. The molecule has 4 aromatic rings. The molecular formula is C18H16N2OS. The van der Waals surface area contributed by atoms with Gasteiger partial charge in [-0.1, -0.05) is 35.5 Å². The SMILES string of the molecule is CC(NCc1noc2ccccc12)c1csc2ccccc12. The molecule has 0 aliphatic carbocycles. The van der Waals surface area contributed by atoms with Crippen LogP contribution in [0.15, 0.2) is 58.4 Å². The van der Waals surface area contributed by atoms with E-state index in [0.29, 0.717) is 6.54 Å². The standard InChI is InChI=1S/C18H16N2OS/c1-12(15-11-22-18-9-5-3-6-13(15)18)19-10-16-14-7-2-4-8-17(14)21-20-16/h2-9,11-12,19H,10H2,1H3. The van der Waals surface area contributed by atoms with Crippen molar-refractivity contribution in [2.24, 2.45) is 0 Å². The molecule has 2 aromatic carbocycles. The highest BCUT2D eigenvalue weighted by molar-refractivity contribution is 7.17. The Bertz CT molecular complexity index is 925. The van der Waals surface area contributed by atoms with Crippen LogP contribution in [-0.4, -0.2) is 5.16 Å². The quantitative estimate of drug-likeness (QED) is 0.583. The van der Waals surface area contributed by atoms with E-state index in [2.05, 4.69) is 47.0 Å². The second-order valence-corrected chi connectivity index (χ2v) is 6.33. The van der Waals surface area contributed by atoms with Crippen LogP contribution in [0.5, 0.6) is 0 Å². The lowest BCUT2D eigenvalue weighted by atomic mass is 10.1. The van der Waals surface area contributed by atoms with E-state index in [9.17, 15) is 0 Å². The molecule has 0 bridgehead atoms. The Morgan fingerprint density at radius 1 is 1.09 bits per heavy atom. The van der Waals surface area contributed by atoms with Crippen molar-refractivity contribution in [3.8, 4) is 0 Å². The number of hydrogen-bond acceptors (Lipinski definition) is 4. The molecule has 4 heteroatoms. The number of aromatic nitrogens is 1. The van der Waals surface area contributed by atoms with Gasteiger partial charge >= 0.3 is 0 Å². The number of thiophene rings is 1. The van der Waals surface area contributed by atoms with Crippen LogP contribution in [0, 0.1) is 0 Å². The van der Waals surface area contributed by atoms with Gasteiger partial charge in [-0.15, -0.1) is 11.3 Å². The van der Waals surface area contributed by atoms with E-state index in [0.717, 1.165) is 16.7 Å². The largest absolute Gasteiger partial charge is 0.356 e. The highest BCUT2D eigenvalue weighted by atomic mass is 32.1. The van der Waals surface area contributed by atoms with Gasteiger partial charge in [-0.05, 0) is 41.5 Å². The molecule has 0 aliphatic rings. The predicted molar refractivity (Wildman–Crippen MR) is 91.1 cm³/mol. The number of benzene rings is 2. The zero-order chi connectivity index (χ0) is 14.9. The summed E-state index contributed by atoms with van der Waals surface area (Å²) in [6, 6.07) is 16.8. The summed E-state index contributed by atoms with van der Waals surface area (Å²) in [5.74, 6) is 0. The van der Waals surface area contributed by atoms with Crippen molar-refractivity contribution < 1.29 is 4.52 Å². The van der Waals surface area contributed by atoms with E-state index < -0.39 is 0 Å². The van der Waals surface area contributed by atoms with Crippen molar-refractivity contribution in [3.63, 3.8) is 0 Å². The molecule has 0 spiro atoms. The molecule has 22 heavy (non-hydrogen) atoms. The van der Waals surface area contributed by atoms with Gasteiger partial charge in [0.25, 0.3) is 0 Å². The van der Waals surface area contributed by atoms with Crippen molar-refractivity contribution in [1.82, 2.24) is 10.5 Å². The molecule has 3 nitrogen and oxygen atoms in total. The highest BCUT2D eigenvalue weighted by Gasteiger charge is 2.13. The van der Waals surface area contributed by atoms with Crippen LogP contribution in [0.4, 0.5) is 0 Å². The Morgan fingerprint density at radius 2 is 1.86 bits per heavy atom. The van der Waals surface area contributed by atoms with Crippen LogP contribution in [-0.2, 0) is 6.54 Å². The van der Waals surface area contributed by atoms with E-state index in [1.807, 2.05) is 24.3 Å². The summed E-state index contributed by atoms with van der Waals surface area (Å²) in [7, 11) is 0. The Hall–Kier alpha value is -2.17. The normalized spacial score (nSPS) is 13.0.